The van der Waals surface area contributed by atoms with Gasteiger partial charge in [0.15, 0.2) is 0 Å². The summed E-state index contributed by atoms with van der Waals surface area (Å²) in [4.78, 5) is 25.7. The number of amides is 1. The molecule has 0 bridgehead atoms. The first kappa shape index (κ1) is 15.5. The van der Waals surface area contributed by atoms with E-state index in [1.54, 1.807) is 11.8 Å². The summed E-state index contributed by atoms with van der Waals surface area (Å²) in [5, 5.41) is 0. The van der Waals surface area contributed by atoms with Gasteiger partial charge in [-0.2, -0.15) is 0 Å². The average Bonchev–Trinajstić information content (AvgIpc) is 2.36. The lowest BCUT2D eigenvalue weighted by Gasteiger charge is -2.37. The Hall–Kier alpha value is -1.84. The topological polar surface area (TPSA) is 46.6 Å². The smallest absolute Gasteiger partial charge is 0.410 e. The summed E-state index contributed by atoms with van der Waals surface area (Å²) in [5.41, 5.74) is 1.74. The summed E-state index contributed by atoms with van der Waals surface area (Å²) in [6.07, 6.45) is 0.781. The van der Waals surface area contributed by atoms with Gasteiger partial charge in [0.2, 0.25) is 0 Å². The highest BCUT2D eigenvalue weighted by Gasteiger charge is 2.33. The molecule has 1 amide bonds. The maximum absolute atomic E-state index is 12.4. The van der Waals surface area contributed by atoms with Crippen LogP contribution in [0.5, 0.6) is 0 Å². The molecule has 0 aliphatic carbocycles. The van der Waals surface area contributed by atoms with Crippen LogP contribution in [0.4, 0.5) is 4.79 Å². The van der Waals surface area contributed by atoms with E-state index in [4.69, 9.17) is 4.74 Å². The van der Waals surface area contributed by atoms with Crippen molar-refractivity contribution in [2.75, 3.05) is 6.54 Å². The Bertz CT molecular complexity index is 545. The zero-order chi connectivity index (χ0) is 15.6. The van der Waals surface area contributed by atoms with E-state index in [-0.39, 0.29) is 17.9 Å². The molecule has 1 atom stereocenters. The van der Waals surface area contributed by atoms with E-state index >= 15 is 0 Å². The van der Waals surface area contributed by atoms with Gasteiger partial charge in [-0.05, 0) is 45.2 Å². The van der Waals surface area contributed by atoms with Crippen molar-refractivity contribution in [1.82, 2.24) is 4.90 Å². The monoisotopic (exact) mass is 289 g/mol. The van der Waals surface area contributed by atoms with Gasteiger partial charge in [0.05, 0.1) is 6.04 Å². The Kier molecular flexibility index (Phi) is 4.35. The zero-order valence-corrected chi connectivity index (χ0v) is 13.2. The van der Waals surface area contributed by atoms with E-state index in [0.717, 1.165) is 12.0 Å². The van der Waals surface area contributed by atoms with E-state index in [2.05, 4.69) is 6.07 Å². The molecule has 1 aromatic carbocycles. The van der Waals surface area contributed by atoms with Gasteiger partial charge in [0.1, 0.15) is 11.4 Å². The van der Waals surface area contributed by atoms with Crippen LogP contribution in [-0.4, -0.2) is 28.9 Å². The molecular weight excluding hydrogens is 266 g/mol. The van der Waals surface area contributed by atoms with Crippen molar-refractivity contribution < 1.29 is 14.3 Å². The Morgan fingerprint density at radius 1 is 1.29 bits per heavy atom. The Labute approximate surface area is 126 Å². The maximum Gasteiger partial charge on any atom is 0.410 e. The third-order valence-electron chi connectivity index (χ3n) is 3.52. The second kappa shape index (κ2) is 5.88. The van der Waals surface area contributed by atoms with Crippen LogP contribution in [0.15, 0.2) is 24.3 Å². The first-order valence-corrected chi connectivity index (χ1v) is 7.35. The van der Waals surface area contributed by atoms with Crippen LogP contribution in [0.25, 0.3) is 0 Å². The maximum atomic E-state index is 12.4. The number of ether oxygens (including phenoxy) is 1. The quantitative estimate of drug-likeness (QED) is 0.837. The van der Waals surface area contributed by atoms with Crippen LogP contribution < -0.4 is 0 Å². The van der Waals surface area contributed by atoms with Crippen LogP contribution in [0.1, 0.15) is 51.3 Å². The lowest BCUT2D eigenvalue weighted by Crippen LogP contribution is -2.43. The molecule has 0 fully saturated rings. The van der Waals surface area contributed by atoms with Gasteiger partial charge in [0.25, 0.3) is 0 Å². The molecule has 0 radical (unpaired) electrons. The molecule has 0 saturated carbocycles. The Morgan fingerprint density at radius 3 is 2.57 bits per heavy atom. The second-order valence-corrected chi connectivity index (χ2v) is 6.54. The van der Waals surface area contributed by atoms with Gasteiger partial charge in [-0.15, -0.1) is 0 Å². The summed E-state index contributed by atoms with van der Waals surface area (Å²) in [7, 11) is 0. The average molecular weight is 289 g/mol. The molecule has 4 heteroatoms. The standard InChI is InChI=1S/C17H23NO3/c1-12(19)11-15-14-8-6-5-7-13(14)9-10-18(15)16(20)21-17(2,3)4/h5-8,15H,9-11H2,1-4H3. The minimum absolute atomic E-state index is 0.0743. The molecular formula is C17H23NO3. The summed E-state index contributed by atoms with van der Waals surface area (Å²) in [6.45, 7) is 7.70. The van der Waals surface area contributed by atoms with Crippen molar-refractivity contribution in [3.8, 4) is 0 Å². The van der Waals surface area contributed by atoms with E-state index in [0.29, 0.717) is 13.0 Å². The number of hydrogen-bond acceptors (Lipinski definition) is 3. The molecule has 0 aromatic heterocycles. The third-order valence-corrected chi connectivity index (χ3v) is 3.52. The molecule has 114 valence electrons. The van der Waals surface area contributed by atoms with Gasteiger partial charge < -0.3 is 9.64 Å². The number of benzene rings is 1. The molecule has 0 N–H and O–H groups in total. The molecule has 21 heavy (non-hydrogen) atoms. The molecule has 1 aliphatic heterocycles. The van der Waals surface area contributed by atoms with Crippen molar-refractivity contribution in [3.05, 3.63) is 35.4 Å². The first-order valence-electron chi connectivity index (χ1n) is 7.35. The van der Waals surface area contributed by atoms with Gasteiger partial charge in [0, 0.05) is 13.0 Å². The fourth-order valence-corrected chi connectivity index (χ4v) is 2.68. The Morgan fingerprint density at radius 2 is 1.95 bits per heavy atom. The summed E-state index contributed by atoms with van der Waals surface area (Å²) >= 11 is 0. The number of carbonyl (C=O) groups is 2. The molecule has 0 spiro atoms. The third kappa shape index (κ3) is 3.84. The van der Waals surface area contributed by atoms with Crippen molar-refractivity contribution in [1.29, 1.82) is 0 Å². The Balaban J connectivity index is 2.29. The number of nitrogens with zero attached hydrogens (tertiary/aromatic N) is 1. The van der Waals surface area contributed by atoms with Crippen LogP contribution >= 0.6 is 0 Å². The van der Waals surface area contributed by atoms with E-state index in [9.17, 15) is 9.59 Å². The number of rotatable bonds is 2. The van der Waals surface area contributed by atoms with Gasteiger partial charge >= 0.3 is 6.09 Å². The van der Waals surface area contributed by atoms with Crippen molar-refractivity contribution in [2.45, 2.75) is 52.2 Å². The lowest BCUT2D eigenvalue weighted by atomic mass is 9.90. The molecule has 1 heterocycles. The summed E-state index contributed by atoms with van der Waals surface area (Å²) in [6, 6.07) is 7.79. The van der Waals surface area contributed by atoms with Crippen molar-refractivity contribution in [2.24, 2.45) is 0 Å². The van der Waals surface area contributed by atoms with Gasteiger partial charge in [-0.3, -0.25) is 4.79 Å². The first-order chi connectivity index (χ1) is 9.78. The number of ketones is 1. The number of fused-ring (bicyclic) bond motifs is 1. The molecule has 1 unspecified atom stereocenters. The lowest BCUT2D eigenvalue weighted by molar-refractivity contribution is -0.118. The number of Topliss-reactive ketones (excluding diaryl/α,β-unsaturated/α-hetero) is 1. The number of hydrogen-bond donors (Lipinski definition) is 0. The van der Waals surface area contributed by atoms with Crippen LogP contribution in [0, 0.1) is 0 Å². The van der Waals surface area contributed by atoms with Crippen molar-refractivity contribution >= 4 is 11.9 Å². The van der Waals surface area contributed by atoms with Crippen LogP contribution in [0.3, 0.4) is 0 Å². The molecule has 4 nitrogen and oxygen atoms in total. The van der Waals surface area contributed by atoms with Gasteiger partial charge in [-0.25, -0.2) is 4.79 Å². The summed E-state index contributed by atoms with van der Waals surface area (Å²) < 4.78 is 5.48. The highest BCUT2D eigenvalue weighted by molar-refractivity contribution is 5.78. The predicted molar refractivity (Wildman–Crippen MR) is 81.1 cm³/mol. The number of carbonyl (C=O) groups excluding carboxylic acids is 2. The van der Waals surface area contributed by atoms with Gasteiger partial charge in [-0.1, -0.05) is 24.3 Å². The fraction of sp³-hybridized carbons (Fsp3) is 0.529. The largest absolute Gasteiger partial charge is 0.444 e. The molecule has 2 rings (SSSR count). The predicted octanol–water partition coefficient (Wildman–Crippen LogP) is 3.50. The van der Waals surface area contributed by atoms with E-state index < -0.39 is 5.60 Å². The van der Waals surface area contributed by atoms with Crippen LogP contribution in [0.2, 0.25) is 0 Å². The van der Waals surface area contributed by atoms with Crippen LogP contribution in [-0.2, 0) is 16.0 Å². The molecule has 1 aromatic rings. The highest BCUT2D eigenvalue weighted by atomic mass is 16.6. The van der Waals surface area contributed by atoms with Crippen molar-refractivity contribution in [3.63, 3.8) is 0 Å². The molecule has 1 aliphatic rings. The fourth-order valence-electron chi connectivity index (χ4n) is 2.68. The highest BCUT2D eigenvalue weighted by Crippen LogP contribution is 2.33. The van der Waals surface area contributed by atoms with E-state index in [1.807, 2.05) is 39.0 Å². The van der Waals surface area contributed by atoms with E-state index in [1.165, 1.54) is 5.56 Å². The minimum atomic E-state index is -0.533. The second-order valence-electron chi connectivity index (χ2n) is 6.54. The summed E-state index contributed by atoms with van der Waals surface area (Å²) in [5.74, 6) is 0.0743. The SMILES string of the molecule is CC(=O)CC1c2ccccc2CCN1C(=O)OC(C)(C)C. The zero-order valence-electron chi connectivity index (χ0n) is 13.2. The normalized spacial score (nSPS) is 18.1. The molecule has 0 saturated heterocycles. The minimum Gasteiger partial charge on any atom is -0.444 e.